The Balaban J connectivity index is 2.76. The summed E-state index contributed by atoms with van der Waals surface area (Å²) in [5.41, 5.74) is 4.55. The van der Waals surface area contributed by atoms with Gasteiger partial charge in [-0.1, -0.05) is 32.0 Å². The largest absolute Gasteiger partial charge is 0.319 e. The molecule has 0 heterocycles. The highest BCUT2D eigenvalue weighted by Crippen LogP contribution is 2.22. The summed E-state index contributed by atoms with van der Waals surface area (Å²) >= 11 is 0. The van der Waals surface area contributed by atoms with Crippen molar-refractivity contribution in [1.82, 2.24) is 5.32 Å². The van der Waals surface area contributed by atoms with Gasteiger partial charge < -0.3 is 5.32 Å². The average Bonchev–Trinajstić information content (AvgIpc) is 2.10. The van der Waals surface area contributed by atoms with E-state index in [4.69, 9.17) is 0 Å². The number of benzene rings is 1. The minimum atomic E-state index is 0.330. The smallest absolute Gasteiger partial charge is 0.000270 e. The van der Waals surface area contributed by atoms with Crippen LogP contribution in [0.4, 0.5) is 0 Å². The van der Waals surface area contributed by atoms with E-state index >= 15 is 0 Å². The summed E-state index contributed by atoms with van der Waals surface area (Å²) in [4.78, 5) is 0. The number of nitrogens with one attached hydrogen (secondary N) is 1. The van der Waals surface area contributed by atoms with Crippen LogP contribution in [0.1, 0.15) is 30.5 Å². The molecule has 0 fully saturated rings. The fourth-order valence-corrected chi connectivity index (χ4v) is 2.01. The van der Waals surface area contributed by atoms with Crippen molar-refractivity contribution in [3.63, 3.8) is 0 Å². The predicted octanol–water partition coefficient (Wildman–Crippen LogP) is 3.09. The average molecular weight is 205 g/mol. The molecule has 1 rings (SSSR count). The molecule has 0 amide bonds. The number of hydrogen-bond acceptors (Lipinski definition) is 1. The highest BCUT2D eigenvalue weighted by molar-refractivity contribution is 5.30. The van der Waals surface area contributed by atoms with Gasteiger partial charge in [-0.05, 0) is 49.4 Å². The Bertz CT molecular complexity index is 326. The van der Waals surface area contributed by atoms with Crippen molar-refractivity contribution in [3.8, 4) is 0 Å². The third kappa shape index (κ3) is 3.67. The highest BCUT2D eigenvalue weighted by Gasteiger charge is 2.17. The first-order chi connectivity index (χ1) is 6.94. The second kappa shape index (κ2) is 4.80. The first kappa shape index (κ1) is 12.3. The predicted molar refractivity (Wildman–Crippen MR) is 67.3 cm³/mol. The van der Waals surface area contributed by atoms with Crippen LogP contribution in [-0.2, 0) is 6.42 Å². The standard InChI is InChI=1S/C14H23N/c1-11-6-7-13(8-12(11)2)9-14(3,4)10-15-5/h6-8,15H,9-10H2,1-5H3. The number of aryl methyl sites for hydroxylation is 2. The Labute approximate surface area is 93.9 Å². The molecule has 0 saturated carbocycles. The summed E-state index contributed by atoms with van der Waals surface area (Å²) in [6.45, 7) is 10.0. The molecular formula is C14H23N. The summed E-state index contributed by atoms with van der Waals surface area (Å²) in [7, 11) is 2.02. The summed E-state index contributed by atoms with van der Waals surface area (Å²) in [6.07, 6.45) is 1.13. The molecule has 0 aliphatic carbocycles. The van der Waals surface area contributed by atoms with Crippen LogP contribution in [0.25, 0.3) is 0 Å². The second-order valence-corrected chi connectivity index (χ2v) is 5.29. The molecule has 0 radical (unpaired) electrons. The van der Waals surface area contributed by atoms with Crippen LogP contribution in [-0.4, -0.2) is 13.6 Å². The molecule has 0 saturated heterocycles. The third-order valence-electron chi connectivity index (χ3n) is 2.91. The fraction of sp³-hybridized carbons (Fsp3) is 0.571. The zero-order chi connectivity index (χ0) is 11.5. The Morgan fingerprint density at radius 3 is 2.33 bits per heavy atom. The lowest BCUT2D eigenvalue weighted by Gasteiger charge is -2.24. The number of rotatable bonds is 4. The monoisotopic (exact) mass is 205 g/mol. The van der Waals surface area contributed by atoms with E-state index in [1.807, 2.05) is 7.05 Å². The number of hydrogen-bond donors (Lipinski definition) is 1. The van der Waals surface area contributed by atoms with Crippen LogP contribution in [0.15, 0.2) is 18.2 Å². The lowest BCUT2D eigenvalue weighted by molar-refractivity contribution is 0.350. The molecular weight excluding hydrogens is 182 g/mol. The van der Waals surface area contributed by atoms with Gasteiger partial charge in [-0.3, -0.25) is 0 Å². The van der Waals surface area contributed by atoms with E-state index in [-0.39, 0.29) is 0 Å². The molecule has 0 aliphatic rings. The Morgan fingerprint density at radius 2 is 1.80 bits per heavy atom. The molecule has 1 N–H and O–H groups in total. The van der Waals surface area contributed by atoms with Gasteiger partial charge in [0.25, 0.3) is 0 Å². The Morgan fingerprint density at radius 1 is 1.13 bits per heavy atom. The molecule has 84 valence electrons. The highest BCUT2D eigenvalue weighted by atomic mass is 14.8. The van der Waals surface area contributed by atoms with Gasteiger partial charge in [0.05, 0.1) is 0 Å². The Kier molecular flexibility index (Phi) is 3.92. The van der Waals surface area contributed by atoms with Gasteiger partial charge in [-0.15, -0.1) is 0 Å². The maximum atomic E-state index is 3.25. The maximum absolute atomic E-state index is 3.25. The van der Waals surface area contributed by atoms with Crippen molar-refractivity contribution >= 4 is 0 Å². The topological polar surface area (TPSA) is 12.0 Å². The SMILES string of the molecule is CNCC(C)(C)Cc1ccc(C)c(C)c1. The van der Waals surface area contributed by atoms with E-state index < -0.39 is 0 Å². The van der Waals surface area contributed by atoms with E-state index in [0.29, 0.717) is 5.41 Å². The molecule has 15 heavy (non-hydrogen) atoms. The van der Waals surface area contributed by atoms with Gasteiger partial charge in [0, 0.05) is 6.54 Å². The normalized spacial score (nSPS) is 11.8. The van der Waals surface area contributed by atoms with E-state index in [0.717, 1.165) is 13.0 Å². The Hall–Kier alpha value is -0.820. The van der Waals surface area contributed by atoms with Gasteiger partial charge in [0.2, 0.25) is 0 Å². The molecule has 0 spiro atoms. The first-order valence-corrected chi connectivity index (χ1v) is 5.65. The molecule has 1 aromatic rings. The van der Waals surface area contributed by atoms with Crippen LogP contribution in [0, 0.1) is 19.3 Å². The molecule has 1 heteroatoms. The summed E-state index contributed by atoms with van der Waals surface area (Å²) in [5.74, 6) is 0. The molecule has 1 aromatic carbocycles. The van der Waals surface area contributed by atoms with Crippen molar-refractivity contribution < 1.29 is 0 Å². The maximum Gasteiger partial charge on any atom is 0.000270 e. The fourth-order valence-electron chi connectivity index (χ4n) is 2.01. The zero-order valence-corrected chi connectivity index (χ0v) is 10.6. The lowest BCUT2D eigenvalue weighted by Crippen LogP contribution is -2.28. The zero-order valence-electron chi connectivity index (χ0n) is 10.6. The van der Waals surface area contributed by atoms with Gasteiger partial charge >= 0.3 is 0 Å². The molecule has 0 bridgehead atoms. The van der Waals surface area contributed by atoms with E-state index in [9.17, 15) is 0 Å². The second-order valence-electron chi connectivity index (χ2n) is 5.29. The molecule has 0 aliphatic heterocycles. The van der Waals surface area contributed by atoms with Crippen LogP contribution in [0.2, 0.25) is 0 Å². The van der Waals surface area contributed by atoms with Crippen molar-refractivity contribution in [2.24, 2.45) is 5.41 Å². The van der Waals surface area contributed by atoms with Crippen molar-refractivity contribution in [3.05, 3.63) is 34.9 Å². The molecule has 0 unspecified atom stereocenters. The van der Waals surface area contributed by atoms with Crippen molar-refractivity contribution in [2.75, 3.05) is 13.6 Å². The minimum Gasteiger partial charge on any atom is -0.319 e. The summed E-state index contributed by atoms with van der Waals surface area (Å²) in [6, 6.07) is 6.78. The van der Waals surface area contributed by atoms with Gasteiger partial charge in [-0.2, -0.15) is 0 Å². The molecule has 1 nitrogen and oxygen atoms in total. The van der Waals surface area contributed by atoms with Crippen LogP contribution in [0.3, 0.4) is 0 Å². The summed E-state index contributed by atoms with van der Waals surface area (Å²) in [5, 5.41) is 3.25. The van der Waals surface area contributed by atoms with E-state index in [1.165, 1.54) is 16.7 Å². The van der Waals surface area contributed by atoms with Gasteiger partial charge in [0.1, 0.15) is 0 Å². The molecule has 0 atom stereocenters. The van der Waals surface area contributed by atoms with Gasteiger partial charge in [-0.25, -0.2) is 0 Å². The molecule has 0 aromatic heterocycles. The van der Waals surface area contributed by atoms with E-state index in [2.05, 4.69) is 51.2 Å². The van der Waals surface area contributed by atoms with Gasteiger partial charge in [0.15, 0.2) is 0 Å². The summed E-state index contributed by atoms with van der Waals surface area (Å²) < 4.78 is 0. The third-order valence-corrected chi connectivity index (χ3v) is 2.91. The quantitative estimate of drug-likeness (QED) is 0.796. The van der Waals surface area contributed by atoms with E-state index in [1.54, 1.807) is 0 Å². The van der Waals surface area contributed by atoms with Crippen LogP contribution in [0.5, 0.6) is 0 Å². The van der Waals surface area contributed by atoms with Crippen molar-refractivity contribution in [1.29, 1.82) is 0 Å². The first-order valence-electron chi connectivity index (χ1n) is 5.65. The van der Waals surface area contributed by atoms with Crippen molar-refractivity contribution in [2.45, 2.75) is 34.1 Å². The minimum absolute atomic E-state index is 0.330. The van der Waals surface area contributed by atoms with Crippen LogP contribution >= 0.6 is 0 Å². The lowest BCUT2D eigenvalue weighted by atomic mass is 9.85. The van der Waals surface area contributed by atoms with Crippen LogP contribution < -0.4 is 5.32 Å².